The lowest BCUT2D eigenvalue weighted by Crippen LogP contribution is -2.51. The number of nitrogens with two attached hydrogens (primary N) is 3. The molecule has 0 spiro atoms. The number of amides is 2. The zero-order chi connectivity index (χ0) is 28.9. The molecule has 0 saturated heterocycles. The van der Waals surface area contributed by atoms with Crippen molar-refractivity contribution in [2.45, 2.75) is 44.2 Å². The molecule has 2 atom stereocenters. The standard InChI is InChI=1S/C30H41N7O3/c1-36-27(14-17-34-36)24-9-5-8-23(20-24)11-13-28(38)26(12-10-22-6-3-2-4-7-22)35-30(40)25(33)21-29(39)37(18-15-31)19-16-32/h2-9,14,17,20,25-26H,10-13,15-16,18-19,21,31-33H2,1H3,(H,35,40)/t25-,26-/m0/s1. The molecule has 10 heteroatoms. The first-order valence-corrected chi connectivity index (χ1v) is 13.7. The molecule has 7 N–H and O–H groups in total. The highest BCUT2D eigenvalue weighted by molar-refractivity contribution is 5.93. The van der Waals surface area contributed by atoms with Gasteiger partial charge in [-0.1, -0.05) is 48.5 Å². The van der Waals surface area contributed by atoms with E-state index in [1.54, 1.807) is 10.9 Å². The van der Waals surface area contributed by atoms with Gasteiger partial charge in [-0.25, -0.2) is 0 Å². The number of rotatable bonds is 16. The third kappa shape index (κ3) is 9.11. The second-order valence-corrected chi connectivity index (χ2v) is 9.86. The number of nitrogens with one attached hydrogen (secondary N) is 1. The van der Waals surface area contributed by atoms with Crippen LogP contribution in [-0.2, 0) is 34.3 Å². The van der Waals surface area contributed by atoms with Gasteiger partial charge in [-0.3, -0.25) is 19.1 Å². The fourth-order valence-electron chi connectivity index (χ4n) is 4.62. The Kier molecular flexibility index (Phi) is 12.0. The van der Waals surface area contributed by atoms with E-state index in [0.29, 0.717) is 32.4 Å². The molecule has 0 bridgehead atoms. The van der Waals surface area contributed by atoms with Gasteiger partial charge in [-0.2, -0.15) is 5.10 Å². The Morgan fingerprint density at radius 2 is 1.65 bits per heavy atom. The number of hydrogen-bond acceptors (Lipinski definition) is 7. The number of ketones is 1. The average Bonchev–Trinajstić information content (AvgIpc) is 3.40. The molecule has 0 aliphatic carbocycles. The highest BCUT2D eigenvalue weighted by Gasteiger charge is 2.26. The molecule has 214 valence electrons. The minimum Gasteiger partial charge on any atom is -0.345 e. The summed E-state index contributed by atoms with van der Waals surface area (Å²) in [7, 11) is 1.89. The summed E-state index contributed by atoms with van der Waals surface area (Å²) in [6.07, 6.45) is 3.38. The number of aryl methyl sites for hydroxylation is 3. The van der Waals surface area contributed by atoms with Gasteiger partial charge in [0.25, 0.3) is 0 Å². The van der Waals surface area contributed by atoms with Crippen LogP contribution >= 0.6 is 0 Å². The maximum atomic E-state index is 13.4. The molecule has 10 nitrogen and oxygen atoms in total. The third-order valence-electron chi connectivity index (χ3n) is 6.86. The predicted molar refractivity (Wildman–Crippen MR) is 156 cm³/mol. The largest absolute Gasteiger partial charge is 0.345 e. The van der Waals surface area contributed by atoms with Crippen LogP contribution in [-0.4, -0.2) is 70.5 Å². The molecule has 0 fully saturated rings. The predicted octanol–water partition coefficient (Wildman–Crippen LogP) is 1.17. The highest BCUT2D eigenvalue weighted by Crippen LogP contribution is 2.20. The molecule has 1 heterocycles. The van der Waals surface area contributed by atoms with Crippen LogP contribution in [0.25, 0.3) is 11.3 Å². The molecule has 0 radical (unpaired) electrons. The van der Waals surface area contributed by atoms with Crippen molar-refractivity contribution in [3.8, 4) is 11.3 Å². The molecule has 2 aromatic carbocycles. The molecule has 1 aromatic heterocycles. The minimum absolute atomic E-state index is 0.0818. The van der Waals surface area contributed by atoms with Gasteiger partial charge in [-0.05, 0) is 42.5 Å². The van der Waals surface area contributed by atoms with Crippen LogP contribution in [0.15, 0.2) is 66.9 Å². The Bertz CT molecular complexity index is 1240. The van der Waals surface area contributed by atoms with Gasteiger partial charge in [0.2, 0.25) is 11.8 Å². The number of carbonyl (C=O) groups is 3. The molecule has 0 saturated carbocycles. The van der Waals surface area contributed by atoms with E-state index in [4.69, 9.17) is 17.2 Å². The van der Waals surface area contributed by atoms with Crippen molar-refractivity contribution in [1.82, 2.24) is 20.0 Å². The zero-order valence-electron chi connectivity index (χ0n) is 23.2. The normalized spacial score (nSPS) is 12.5. The van der Waals surface area contributed by atoms with E-state index >= 15 is 0 Å². The van der Waals surface area contributed by atoms with Crippen LogP contribution in [0.1, 0.15) is 30.4 Å². The number of benzene rings is 2. The van der Waals surface area contributed by atoms with E-state index < -0.39 is 18.0 Å². The van der Waals surface area contributed by atoms with E-state index in [1.165, 1.54) is 4.90 Å². The highest BCUT2D eigenvalue weighted by atomic mass is 16.2. The number of nitrogens with zero attached hydrogens (tertiary/aromatic N) is 3. The van der Waals surface area contributed by atoms with Crippen molar-refractivity contribution in [1.29, 1.82) is 0 Å². The molecular weight excluding hydrogens is 506 g/mol. The molecule has 0 unspecified atom stereocenters. The molecule has 3 aromatic rings. The number of Topliss-reactive ketones (excluding diaryl/α,β-unsaturated/α-hetero) is 1. The summed E-state index contributed by atoms with van der Waals surface area (Å²) >= 11 is 0. The van der Waals surface area contributed by atoms with Crippen LogP contribution in [0.5, 0.6) is 0 Å². The summed E-state index contributed by atoms with van der Waals surface area (Å²) < 4.78 is 1.80. The fourth-order valence-corrected chi connectivity index (χ4v) is 4.62. The molecule has 0 aliphatic heterocycles. The molecule has 2 amide bonds. The molecular formula is C30H41N7O3. The topological polar surface area (TPSA) is 162 Å². The van der Waals surface area contributed by atoms with Crippen LogP contribution < -0.4 is 22.5 Å². The Hall–Kier alpha value is -3.86. The second kappa shape index (κ2) is 15.7. The summed E-state index contributed by atoms with van der Waals surface area (Å²) in [5, 5.41) is 7.06. The first kappa shape index (κ1) is 30.7. The van der Waals surface area contributed by atoms with Crippen molar-refractivity contribution in [2.75, 3.05) is 26.2 Å². The lowest BCUT2D eigenvalue weighted by atomic mass is 9.96. The van der Waals surface area contributed by atoms with Crippen LogP contribution in [0.2, 0.25) is 0 Å². The molecule has 0 aliphatic rings. The maximum Gasteiger partial charge on any atom is 0.238 e. The Morgan fingerprint density at radius 3 is 2.30 bits per heavy atom. The monoisotopic (exact) mass is 547 g/mol. The van der Waals surface area contributed by atoms with Gasteiger partial charge in [0.1, 0.15) is 0 Å². The summed E-state index contributed by atoms with van der Waals surface area (Å²) in [6, 6.07) is 17.9. The van der Waals surface area contributed by atoms with Gasteiger partial charge in [0, 0.05) is 51.4 Å². The average molecular weight is 548 g/mol. The van der Waals surface area contributed by atoms with E-state index in [0.717, 1.165) is 22.4 Å². The third-order valence-corrected chi connectivity index (χ3v) is 6.86. The molecule has 40 heavy (non-hydrogen) atoms. The number of carbonyl (C=O) groups excluding carboxylic acids is 3. The smallest absolute Gasteiger partial charge is 0.238 e. The summed E-state index contributed by atoms with van der Waals surface area (Å²) in [5.74, 6) is -0.904. The van der Waals surface area contributed by atoms with Crippen LogP contribution in [0.3, 0.4) is 0 Å². The molecule has 3 rings (SSSR count). The maximum absolute atomic E-state index is 13.4. The summed E-state index contributed by atoms with van der Waals surface area (Å²) in [5.41, 5.74) is 21.4. The van der Waals surface area contributed by atoms with E-state index in [9.17, 15) is 14.4 Å². The van der Waals surface area contributed by atoms with Gasteiger partial charge in [0.05, 0.1) is 24.2 Å². The summed E-state index contributed by atoms with van der Waals surface area (Å²) in [6.45, 7) is 1.25. The zero-order valence-corrected chi connectivity index (χ0v) is 23.2. The quantitative estimate of drug-likeness (QED) is 0.209. The Balaban J connectivity index is 1.66. The lowest BCUT2D eigenvalue weighted by Gasteiger charge is -2.24. The Morgan fingerprint density at radius 1 is 0.950 bits per heavy atom. The van der Waals surface area contributed by atoms with Crippen molar-refractivity contribution in [2.24, 2.45) is 24.2 Å². The van der Waals surface area contributed by atoms with E-state index in [1.807, 2.05) is 61.6 Å². The van der Waals surface area contributed by atoms with E-state index in [-0.39, 0.29) is 37.6 Å². The first-order valence-electron chi connectivity index (χ1n) is 13.7. The van der Waals surface area contributed by atoms with E-state index in [2.05, 4.69) is 16.5 Å². The Labute approximate surface area is 235 Å². The second-order valence-electron chi connectivity index (χ2n) is 9.86. The SMILES string of the molecule is Cn1nccc1-c1cccc(CCC(=O)[C@H](CCc2ccccc2)NC(=O)[C@@H](N)CC(=O)N(CCN)CCN)c1. The van der Waals surface area contributed by atoms with Gasteiger partial charge in [-0.15, -0.1) is 0 Å². The minimum atomic E-state index is -1.09. The number of hydrogen-bond donors (Lipinski definition) is 4. The van der Waals surface area contributed by atoms with Gasteiger partial charge >= 0.3 is 0 Å². The van der Waals surface area contributed by atoms with Crippen LogP contribution in [0.4, 0.5) is 0 Å². The van der Waals surface area contributed by atoms with Crippen molar-refractivity contribution < 1.29 is 14.4 Å². The first-order chi connectivity index (χ1) is 19.3. The van der Waals surface area contributed by atoms with Crippen molar-refractivity contribution >= 4 is 17.6 Å². The number of aromatic nitrogens is 2. The van der Waals surface area contributed by atoms with Gasteiger partial charge < -0.3 is 27.4 Å². The van der Waals surface area contributed by atoms with Crippen molar-refractivity contribution in [3.63, 3.8) is 0 Å². The van der Waals surface area contributed by atoms with Gasteiger partial charge in [0.15, 0.2) is 5.78 Å². The van der Waals surface area contributed by atoms with Crippen molar-refractivity contribution in [3.05, 3.63) is 78.0 Å². The lowest BCUT2D eigenvalue weighted by molar-refractivity contribution is -0.135. The summed E-state index contributed by atoms with van der Waals surface area (Å²) in [4.78, 5) is 40.5. The van der Waals surface area contributed by atoms with Crippen LogP contribution in [0, 0.1) is 0 Å². The fraction of sp³-hybridized carbons (Fsp3) is 0.400.